The van der Waals surface area contributed by atoms with E-state index in [0.29, 0.717) is 6.42 Å². The van der Waals surface area contributed by atoms with Crippen LogP contribution in [-0.4, -0.2) is 23.8 Å². The number of ether oxygens (including phenoxy) is 2. The fourth-order valence-corrected chi connectivity index (χ4v) is 0.810. The highest BCUT2D eigenvalue weighted by atomic mass is 32.1. The van der Waals surface area contributed by atoms with Gasteiger partial charge in [-0.25, -0.2) is 9.59 Å². The first kappa shape index (κ1) is 12.6. The average molecular weight is 224 g/mol. The summed E-state index contributed by atoms with van der Waals surface area (Å²) < 4.78 is 9.21. The highest BCUT2D eigenvalue weighted by Gasteiger charge is 2.05. The Morgan fingerprint density at radius 2 is 1.77 bits per heavy atom. The lowest BCUT2D eigenvalue weighted by Gasteiger charge is -2.09. The minimum absolute atomic E-state index is 0.142. The third-order valence-electron chi connectivity index (χ3n) is 1.33. The van der Waals surface area contributed by atoms with E-state index < -0.39 is 10.6 Å². The summed E-state index contributed by atoms with van der Waals surface area (Å²) in [4.78, 5) is 20.5. The molecule has 0 amide bonds. The maximum absolute atomic E-state index is 10.3. The highest BCUT2D eigenvalue weighted by Crippen LogP contribution is 2.04. The molecule has 6 heteroatoms. The van der Waals surface area contributed by atoms with Crippen LogP contribution in [0.4, 0.5) is 9.59 Å². The molecule has 0 saturated carbocycles. The van der Waals surface area contributed by atoms with Gasteiger partial charge >= 0.3 is 10.6 Å². The molecule has 0 radical (unpaired) electrons. The predicted molar refractivity (Wildman–Crippen MR) is 54.4 cm³/mol. The monoisotopic (exact) mass is 224 g/mol. The summed E-state index contributed by atoms with van der Waals surface area (Å²) in [5.74, 6) is 0.142. The van der Waals surface area contributed by atoms with Crippen LogP contribution < -0.4 is 0 Å². The normalized spacial score (nSPS) is 11.9. The van der Waals surface area contributed by atoms with Gasteiger partial charge in [0.25, 0.3) is 0 Å². The standard InChI is InChI=1S/C7H12O4S2/c1-5(4-11-7(9)13)2-3-10-6(8)12/h5H,2-4H2,1H3,(H,8,12)(H,9,13). The van der Waals surface area contributed by atoms with E-state index in [0.717, 1.165) is 0 Å². The van der Waals surface area contributed by atoms with Gasteiger partial charge in [0.15, 0.2) is 0 Å². The van der Waals surface area contributed by atoms with Crippen LogP contribution >= 0.6 is 25.3 Å². The van der Waals surface area contributed by atoms with Crippen LogP contribution in [0.2, 0.25) is 0 Å². The minimum Gasteiger partial charge on any atom is -0.458 e. The SMILES string of the molecule is CC(CCOC(=O)S)COC(=O)S. The van der Waals surface area contributed by atoms with E-state index in [9.17, 15) is 9.59 Å². The fraction of sp³-hybridized carbons (Fsp3) is 0.714. The molecule has 0 aromatic heterocycles. The van der Waals surface area contributed by atoms with Crippen molar-refractivity contribution in [3.8, 4) is 0 Å². The lowest BCUT2D eigenvalue weighted by molar-refractivity contribution is 0.136. The Kier molecular flexibility index (Phi) is 6.89. The van der Waals surface area contributed by atoms with Crippen molar-refractivity contribution in [2.45, 2.75) is 13.3 Å². The van der Waals surface area contributed by atoms with E-state index in [1.165, 1.54) is 0 Å². The summed E-state index contributed by atoms with van der Waals surface area (Å²) in [6.07, 6.45) is 0.632. The Morgan fingerprint density at radius 1 is 1.23 bits per heavy atom. The Labute approximate surface area is 87.8 Å². The highest BCUT2D eigenvalue weighted by molar-refractivity contribution is 7.96. The lowest BCUT2D eigenvalue weighted by atomic mass is 10.1. The van der Waals surface area contributed by atoms with Gasteiger partial charge in [-0.2, -0.15) is 0 Å². The zero-order valence-electron chi connectivity index (χ0n) is 7.23. The molecule has 0 saturated heterocycles. The molecule has 0 aromatic rings. The van der Waals surface area contributed by atoms with Crippen LogP contribution in [0, 0.1) is 5.92 Å². The number of carbonyl (C=O) groups is 2. The van der Waals surface area contributed by atoms with Crippen molar-refractivity contribution in [3.05, 3.63) is 0 Å². The molecule has 76 valence electrons. The van der Waals surface area contributed by atoms with Crippen molar-refractivity contribution in [2.75, 3.05) is 13.2 Å². The van der Waals surface area contributed by atoms with Gasteiger partial charge < -0.3 is 9.47 Å². The largest absolute Gasteiger partial charge is 0.458 e. The molecule has 0 N–H and O–H groups in total. The topological polar surface area (TPSA) is 52.6 Å². The number of hydrogen-bond acceptors (Lipinski definition) is 4. The second-order valence-corrected chi connectivity index (χ2v) is 3.32. The summed E-state index contributed by atoms with van der Waals surface area (Å²) in [5, 5.41) is -1.20. The van der Waals surface area contributed by atoms with Gasteiger partial charge in [0.05, 0.1) is 13.2 Å². The van der Waals surface area contributed by atoms with Crippen molar-refractivity contribution in [1.82, 2.24) is 0 Å². The maximum Gasteiger partial charge on any atom is 0.364 e. The molecular weight excluding hydrogens is 212 g/mol. The van der Waals surface area contributed by atoms with Gasteiger partial charge in [-0.05, 0) is 12.3 Å². The van der Waals surface area contributed by atoms with Gasteiger partial charge in [0.2, 0.25) is 0 Å². The Morgan fingerprint density at radius 3 is 2.23 bits per heavy atom. The van der Waals surface area contributed by atoms with Crippen molar-refractivity contribution < 1.29 is 19.1 Å². The Bertz CT molecular complexity index is 183. The number of hydrogen-bond donors (Lipinski definition) is 2. The smallest absolute Gasteiger partial charge is 0.364 e. The first-order chi connectivity index (χ1) is 6.02. The molecule has 4 nitrogen and oxygen atoms in total. The van der Waals surface area contributed by atoms with Crippen LogP contribution in [0.15, 0.2) is 0 Å². The average Bonchev–Trinajstić information content (AvgIpc) is 2.00. The summed E-state index contributed by atoms with van der Waals surface area (Å²) in [6, 6.07) is 0. The van der Waals surface area contributed by atoms with Crippen LogP contribution in [-0.2, 0) is 9.47 Å². The van der Waals surface area contributed by atoms with E-state index in [2.05, 4.69) is 34.7 Å². The van der Waals surface area contributed by atoms with Crippen LogP contribution in [0.25, 0.3) is 0 Å². The molecular formula is C7H12O4S2. The van der Waals surface area contributed by atoms with Crippen molar-refractivity contribution in [2.24, 2.45) is 5.92 Å². The molecule has 1 atom stereocenters. The molecule has 0 spiro atoms. The van der Waals surface area contributed by atoms with E-state index in [-0.39, 0.29) is 19.1 Å². The van der Waals surface area contributed by atoms with Crippen molar-refractivity contribution in [3.63, 3.8) is 0 Å². The number of rotatable bonds is 5. The van der Waals surface area contributed by atoms with Crippen molar-refractivity contribution >= 4 is 35.9 Å². The van der Waals surface area contributed by atoms with Crippen LogP contribution in [0.3, 0.4) is 0 Å². The molecule has 0 aromatic carbocycles. The van der Waals surface area contributed by atoms with Gasteiger partial charge in [-0.15, -0.1) is 0 Å². The molecule has 0 aliphatic carbocycles. The first-order valence-corrected chi connectivity index (χ1v) is 4.63. The minimum atomic E-state index is -0.599. The van der Waals surface area contributed by atoms with E-state index >= 15 is 0 Å². The van der Waals surface area contributed by atoms with Gasteiger partial charge in [0.1, 0.15) is 0 Å². The summed E-state index contributed by atoms with van der Waals surface area (Å²) >= 11 is 6.86. The van der Waals surface area contributed by atoms with Gasteiger partial charge in [-0.3, -0.25) is 0 Å². The third kappa shape index (κ3) is 9.55. The first-order valence-electron chi connectivity index (χ1n) is 3.73. The van der Waals surface area contributed by atoms with Gasteiger partial charge in [-0.1, -0.05) is 32.2 Å². The van der Waals surface area contributed by atoms with E-state index in [1.807, 2.05) is 6.92 Å². The molecule has 0 aliphatic rings. The zero-order valence-corrected chi connectivity index (χ0v) is 9.01. The second kappa shape index (κ2) is 7.08. The molecule has 0 heterocycles. The quantitative estimate of drug-likeness (QED) is 0.555. The number of carbonyl (C=O) groups excluding carboxylic acids is 2. The van der Waals surface area contributed by atoms with E-state index in [4.69, 9.17) is 0 Å². The number of thiol groups is 2. The fourth-order valence-electron chi connectivity index (χ4n) is 0.644. The molecule has 0 rings (SSSR count). The van der Waals surface area contributed by atoms with Gasteiger partial charge in [0, 0.05) is 0 Å². The Hall–Kier alpha value is -0.360. The molecule has 0 aliphatic heterocycles. The van der Waals surface area contributed by atoms with E-state index in [1.54, 1.807) is 0 Å². The zero-order chi connectivity index (χ0) is 10.3. The summed E-state index contributed by atoms with van der Waals surface area (Å²) in [5.41, 5.74) is 0. The predicted octanol–water partition coefficient (Wildman–Crippen LogP) is 2.15. The Balaban J connectivity index is 3.35. The van der Waals surface area contributed by atoms with Crippen LogP contribution in [0.1, 0.15) is 13.3 Å². The second-order valence-electron chi connectivity index (χ2n) is 2.59. The van der Waals surface area contributed by atoms with Crippen molar-refractivity contribution in [1.29, 1.82) is 0 Å². The summed E-state index contributed by atoms with van der Waals surface area (Å²) in [6.45, 7) is 2.45. The lowest BCUT2D eigenvalue weighted by Crippen LogP contribution is -2.10. The molecule has 1 unspecified atom stereocenters. The molecule has 0 fully saturated rings. The third-order valence-corrected chi connectivity index (χ3v) is 1.59. The van der Waals surface area contributed by atoms with Crippen LogP contribution in [0.5, 0.6) is 0 Å². The molecule has 0 bridgehead atoms. The summed E-state index contributed by atoms with van der Waals surface area (Å²) in [7, 11) is 0. The molecule has 13 heavy (non-hydrogen) atoms. The maximum atomic E-state index is 10.3.